The summed E-state index contributed by atoms with van der Waals surface area (Å²) in [6, 6.07) is 5.46. The van der Waals surface area contributed by atoms with E-state index in [0.29, 0.717) is 12.0 Å². The molecule has 2 aromatic heterocycles. The van der Waals surface area contributed by atoms with Gasteiger partial charge in [0.2, 0.25) is 5.91 Å². The molecule has 3 heterocycles. The predicted octanol–water partition coefficient (Wildman–Crippen LogP) is 2.23. The lowest BCUT2D eigenvalue weighted by molar-refractivity contribution is -0.120. The average molecular weight is 282 g/mol. The normalized spacial score (nSPS) is 17.6. The second-order valence-electron chi connectivity index (χ2n) is 5.25. The van der Waals surface area contributed by atoms with Crippen LogP contribution in [0.25, 0.3) is 11.1 Å². The first-order valence-electron chi connectivity index (χ1n) is 6.94. The molecule has 0 aliphatic carbocycles. The van der Waals surface area contributed by atoms with Crippen LogP contribution in [0.3, 0.4) is 0 Å². The van der Waals surface area contributed by atoms with Gasteiger partial charge in [0.05, 0.1) is 0 Å². The number of hydrogen-bond acceptors (Lipinski definition) is 4. The maximum atomic E-state index is 12.4. The van der Waals surface area contributed by atoms with Crippen LogP contribution in [0.2, 0.25) is 0 Å². The Balaban J connectivity index is 1.50. The molecular weight excluding hydrogens is 268 g/mol. The van der Waals surface area contributed by atoms with Crippen LogP contribution in [0.4, 0.5) is 5.69 Å². The number of aromatic nitrogens is 3. The van der Waals surface area contributed by atoms with Gasteiger partial charge in [0.15, 0.2) is 12.0 Å². The molecule has 0 radical (unpaired) electrons. The van der Waals surface area contributed by atoms with E-state index in [2.05, 4.69) is 19.9 Å². The first-order chi connectivity index (χ1) is 10.3. The summed E-state index contributed by atoms with van der Waals surface area (Å²) in [5.74, 6) is 0.980. The van der Waals surface area contributed by atoms with Gasteiger partial charge in [-0.1, -0.05) is 0 Å². The van der Waals surface area contributed by atoms with Crippen molar-refractivity contribution < 1.29 is 9.21 Å². The van der Waals surface area contributed by atoms with E-state index in [0.717, 1.165) is 30.0 Å². The molecule has 0 bridgehead atoms. The predicted molar refractivity (Wildman–Crippen MR) is 76.7 cm³/mol. The summed E-state index contributed by atoms with van der Waals surface area (Å²) in [5, 5.41) is 2.96. The summed E-state index contributed by atoms with van der Waals surface area (Å²) in [7, 11) is 0. The number of hydrogen-bond donors (Lipinski definition) is 1. The Kier molecular flexibility index (Phi) is 2.73. The van der Waals surface area contributed by atoms with Crippen molar-refractivity contribution in [2.24, 2.45) is 5.92 Å². The molecule has 1 unspecified atom stereocenters. The van der Waals surface area contributed by atoms with Crippen LogP contribution in [0.5, 0.6) is 0 Å². The third kappa shape index (κ3) is 2.18. The van der Waals surface area contributed by atoms with E-state index in [1.165, 1.54) is 6.39 Å². The first-order valence-corrected chi connectivity index (χ1v) is 6.94. The fourth-order valence-corrected chi connectivity index (χ4v) is 2.75. The van der Waals surface area contributed by atoms with Gasteiger partial charge < -0.3 is 14.3 Å². The largest absolute Gasteiger partial charge is 0.443 e. The average Bonchev–Trinajstić information content (AvgIpc) is 3.14. The Labute approximate surface area is 120 Å². The number of anilines is 1. The van der Waals surface area contributed by atoms with E-state index in [4.69, 9.17) is 4.42 Å². The van der Waals surface area contributed by atoms with E-state index in [-0.39, 0.29) is 11.8 Å². The lowest BCUT2D eigenvalue weighted by atomic mass is 9.97. The third-order valence-corrected chi connectivity index (χ3v) is 3.92. The number of oxazole rings is 1. The molecule has 106 valence electrons. The van der Waals surface area contributed by atoms with Crippen molar-refractivity contribution in [2.75, 3.05) is 5.32 Å². The maximum Gasteiger partial charge on any atom is 0.228 e. The Morgan fingerprint density at radius 2 is 2.33 bits per heavy atom. The number of benzene rings is 1. The number of imidazole rings is 1. The zero-order valence-corrected chi connectivity index (χ0v) is 11.3. The fraction of sp³-hybridized carbons (Fsp3) is 0.267. The first kappa shape index (κ1) is 12.1. The highest BCUT2D eigenvalue weighted by molar-refractivity contribution is 5.94. The second-order valence-corrected chi connectivity index (χ2v) is 5.25. The maximum absolute atomic E-state index is 12.4. The quantitative estimate of drug-likeness (QED) is 0.782. The Morgan fingerprint density at radius 3 is 3.29 bits per heavy atom. The summed E-state index contributed by atoms with van der Waals surface area (Å²) in [6.45, 7) is 0.843. The highest BCUT2D eigenvalue weighted by Gasteiger charge is 2.25. The van der Waals surface area contributed by atoms with Crippen molar-refractivity contribution in [2.45, 2.75) is 19.4 Å². The number of nitrogens with one attached hydrogen (secondary N) is 1. The molecule has 6 nitrogen and oxygen atoms in total. The van der Waals surface area contributed by atoms with E-state index in [9.17, 15) is 4.79 Å². The van der Waals surface area contributed by atoms with Crippen molar-refractivity contribution in [1.29, 1.82) is 0 Å². The van der Waals surface area contributed by atoms with E-state index < -0.39 is 0 Å². The highest BCUT2D eigenvalue weighted by Crippen LogP contribution is 2.22. The van der Waals surface area contributed by atoms with Gasteiger partial charge in [-0.05, 0) is 24.6 Å². The van der Waals surface area contributed by atoms with E-state index in [1.807, 2.05) is 24.4 Å². The van der Waals surface area contributed by atoms with Gasteiger partial charge in [-0.25, -0.2) is 9.97 Å². The minimum absolute atomic E-state index is 0.0343. The molecule has 0 saturated carbocycles. The number of fused-ring (bicyclic) bond motifs is 2. The SMILES string of the molecule is O=C(Nc1ccc2ocnc2c1)C1CCn2ccnc2C1. The summed E-state index contributed by atoms with van der Waals surface area (Å²) in [6.07, 6.45) is 6.67. The lowest BCUT2D eigenvalue weighted by Crippen LogP contribution is -2.30. The van der Waals surface area contributed by atoms with Crippen LogP contribution in [0.15, 0.2) is 41.4 Å². The zero-order chi connectivity index (χ0) is 14.2. The lowest BCUT2D eigenvalue weighted by Gasteiger charge is -2.22. The molecule has 1 aromatic carbocycles. The molecule has 1 aliphatic heterocycles. The van der Waals surface area contributed by atoms with Crippen molar-refractivity contribution in [1.82, 2.24) is 14.5 Å². The summed E-state index contributed by atoms with van der Waals surface area (Å²) < 4.78 is 7.29. The van der Waals surface area contributed by atoms with Crippen molar-refractivity contribution in [3.8, 4) is 0 Å². The standard InChI is InChI=1S/C15H14N4O2/c20-15(10-3-5-19-6-4-16-14(19)7-10)18-11-1-2-13-12(8-11)17-9-21-13/h1-2,4,6,8-10H,3,5,7H2,(H,18,20). The van der Waals surface area contributed by atoms with Gasteiger partial charge in [-0.15, -0.1) is 0 Å². The van der Waals surface area contributed by atoms with Crippen LogP contribution in [-0.2, 0) is 17.8 Å². The topological polar surface area (TPSA) is 73.0 Å². The molecule has 1 aliphatic rings. The molecule has 0 spiro atoms. The van der Waals surface area contributed by atoms with Crippen LogP contribution >= 0.6 is 0 Å². The molecule has 0 fully saturated rings. The molecule has 3 aromatic rings. The van der Waals surface area contributed by atoms with Gasteiger partial charge in [-0.2, -0.15) is 0 Å². The van der Waals surface area contributed by atoms with Crippen molar-refractivity contribution in [3.63, 3.8) is 0 Å². The van der Waals surface area contributed by atoms with Gasteiger partial charge in [-0.3, -0.25) is 4.79 Å². The number of aryl methyl sites for hydroxylation is 1. The van der Waals surface area contributed by atoms with Crippen LogP contribution in [0.1, 0.15) is 12.2 Å². The molecule has 4 rings (SSSR count). The van der Waals surface area contributed by atoms with Crippen LogP contribution in [0, 0.1) is 5.92 Å². The van der Waals surface area contributed by atoms with E-state index in [1.54, 1.807) is 6.20 Å². The molecule has 1 N–H and O–H groups in total. The summed E-state index contributed by atoms with van der Waals surface area (Å²) in [5.41, 5.74) is 2.20. The molecule has 6 heteroatoms. The number of amides is 1. The second kappa shape index (κ2) is 4.73. The Hall–Kier alpha value is -2.63. The molecule has 0 saturated heterocycles. The Bertz CT molecular complexity index is 805. The summed E-state index contributed by atoms with van der Waals surface area (Å²) in [4.78, 5) is 20.8. The zero-order valence-electron chi connectivity index (χ0n) is 11.3. The Morgan fingerprint density at radius 1 is 1.38 bits per heavy atom. The molecular formula is C15H14N4O2. The number of carbonyl (C=O) groups is 1. The third-order valence-electron chi connectivity index (χ3n) is 3.92. The van der Waals surface area contributed by atoms with Crippen molar-refractivity contribution >= 4 is 22.7 Å². The van der Waals surface area contributed by atoms with Crippen molar-refractivity contribution in [3.05, 3.63) is 42.8 Å². The minimum Gasteiger partial charge on any atom is -0.443 e. The molecule has 21 heavy (non-hydrogen) atoms. The monoisotopic (exact) mass is 282 g/mol. The van der Waals surface area contributed by atoms with Gasteiger partial charge >= 0.3 is 0 Å². The molecule has 1 amide bonds. The van der Waals surface area contributed by atoms with Gasteiger partial charge in [0.25, 0.3) is 0 Å². The van der Waals surface area contributed by atoms with Crippen LogP contribution < -0.4 is 5.32 Å². The number of rotatable bonds is 2. The highest BCUT2D eigenvalue weighted by atomic mass is 16.3. The number of carbonyl (C=O) groups excluding carboxylic acids is 1. The smallest absolute Gasteiger partial charge is 0.228 e. The number of nitrogens with zero attached hydrogens (tertiary/aromatic N) is 3. The minimum atomic E-state index is -0.0343. The fourth-order valence-electron chi connectivity index (χ4n) is 2.75. The van der Waals surface area contributed by atoms with Gasteiger partial charge in [0.1, 0.15) is 11.3 Å². The van der Waals surface area contributed by atoms with Gasteiger partial charge in [0, 0.05) is 37.0 Å². The summed E-state index contributed by atoms with van der Waals surface area (Å²) >= 11 is 0. The van der Waals surface area contributed by atoms with Crippen LogP contribution in [-0.4, -0.2) is 20.4 Å². The van der Waals surface area contributed by atoms with E-state index >= 15 is 0 Å². The molecule has 1 atom stereocenters.